The lowest BCUT2D eigenvalue weighted by Crippen LogP contribution is -2.48. The van der Waals surface area contributed by atoms with E-state index in [9.17, 15) is 4.39 Å². The number of piperidine rings is 1. The average molecular weight is 546 g/mol. The first-order chi connectivity index (χ1) is 14.2. The van der Waals surface area contributed by atoms with Crippen molar-refractivity contribution in [2.24, 2.45) is 4.99 Å². The molecule has 0 aliphatic carbocycles. The van der Waals surface area contributed by atoms with Gasteiger partial charge in [-0.2, -0.15) is 0 Å². The van der Waals surface area contributed by atoms with Gasteiger partial charge in [-0.15, -0.1) is 35.3 Å². The Kier molecular flexibility index (Phi) is 11.3. The molecule has 2 N–H and O–H groups in total. The molecule has 166 valence electrons. The third kappa shape index (κ3) is 8.29. The molecule has 0 spiro atoms. The monoisotopic (exact) mass is 546 g/mol. The number of thiophene rings is 1. The zero-order chi connectivity index (χ0) is 20.3. The average Bonchev–Trinajstić information content (AvgIpc) is 3.27. The zero-order valence-corrected chi connectivity index (χ0v) is 20.6. The van der Waals surface area contributed by atoms with Gasteiger partial charge in [0.25, 0.3) is 0 Å². The van der Waals surface area contributed by atoms with Gasteiger partial charge in [-0.3, -0.25) is 4.99 Å². The Bertz CT molecular complexity index is 734. The zero-order valence-electron chi connectivity index (χ0n) is 17.5. The van der Waals surface area contributed by atoms with Crippen molar-refractivity contribution < 1.29 is 9.13 Å². The molecule has 30 heavy (non-hydrogen) atoms. The van der Waals surface area contributed by atoms with Crippen molar-refractivity contribution in [3.05, 3.63) is 47.6 Å². The Morgan fingerprint density at radius 1 is 1.20 bits per heavy atom. The molecule has 1 aromatic heterocycles. The molecule has 5 nitrogen and oxygen atoms in total. The summed E-state index contributed by atoms with van der Waals surface area (Å²) in [6.07, 6.45) is 4.11. The molecule has 0 saturated carbocycles. The van der Waals surface area contributed by atoms with E-state index in [1.165, 1.54) is 17.1 Å². The summed E-state index contributed by atoms with van der Waals surface area (Å²) in [4.78, 5) is 7.18. The number of unbranched alkanes of at least 4 members (excludes halogenated alkanes) is 1. The normalized spacial score (nSPS) is 14.9. The molecule has 0 radical (unpaired) electrons. The Morgan fingerprint density at radius 2 is 1.97 bits per heavy atom. The molecule has 2 heterocycles. The molecule has 1 saturated heterocycles. The summed E-state index contributed by atoms with van der Waals surface area (Å²) in [6, 6.07) is 10.9. The first-order valence-corrected chi connectivity index (χ1v) is 11.3. The third-order valence-corrected chi connectivity index (χ3v) is 5.83. The van der Waals surface area contributed by atoms with Crippen LogP contribution in [0, 0.1) is 5.82 Å². The fraction of sp³-hybridized carbons (Fsp3) is 0.500. The van der Waals surface area contributed by atoms with Crippen LogP contribution in [-0.4, -0.2) is 44.8 Å². The van der Waals surface area contributed by atoms with E-state index in [4.69, 9.17) is 9.73 Å². The Labute approximate surface area is 200 Å². The van der Waals surface area contributed by atoms with Crippen molar-refractivity contribution in [1.82, 2.24) is 10.6 Å². The summed E-state index contributed by atoms with van der Waals surface area (Å²) in [5, 5.41) is 10.5. The van der Waals surface area contributed by atoms with E-state index in [0.717, 1.165) is 57.8 Å². The largest absolute Gasteiger partial charge is 0.494 e. The number of hydrogen-bond donors (Lipinski definition) is 2. The number of ether oxygens (including phenoxy) is 1. The van der Waals surface area contributed by atoms with Gasteiger partial charge >= 0.3 is 0 Å². The van der Waals surface area contributed by atoms with Crippen LogP contribution >= 0.6 is 35.3 Å². The van der Waals surface area contributed by atoms with E-state index in [1.807, 2.05) is 11.3 Å². The summed E-state index contributed by atoms with van der Waals surface area (Å²) in [6.45, 7) is 6.49. The number of anilines is 1. The van der Waals surface area contributed by atoms with E-state index < -0.39 is 0 Å². The van der Waals surface area contributed by atoms with Crippen LogP contribution < -0.4 is 20.3 Å². The van der Waals surface area contributed by atoms with Crippen LogP contribution in [-0.2, 0) is 0 Å². The van der Waals surface area contributed by atoms with E-state index >= 15 is 0 Å². The number of hydrogen-bond acceptors (Lipinski definition) is 4. The number of rotatable bonds is 9. The summed E-state index contributed by atoms with van der Waals surface area (Å²) >= 11 is 1.81. The van der Waals surface area contributed by atoms with Crippen LogP contribution in [0.5, 0.6) is 5.75 Å². The first-order valence-electron chi connectivity index (χ1n) is 10.5. The van der Waals surface area contributed by atoms with Crippen LogP contribution in [0.4, 0.5) is 9.39 Å². The van der Waals surface area contributed by atoms with Crippen LogP contribution in [0.25, 0.3) is 0 Å². The molecule has 1 aliphatic rings. The van der Waals surface area contributed by atoms with E-state index in [-0.39, 0.29) is 29.8 Å². The minimum absolute atomic E-state index is 0. The topological polar surface area (TPSA) is 48.9 Å². The predicted molar refractivity (Wildman–Crippen MR) is 135 cm³/mol. The van der Waals surface area contributed by atoms with Crippen molar-refractivity contribution in [2.45, 2.75) is 38.6 Å². The molecule has 0 amide bonds. The van der Waals surface area contributed by atoms with Gasteiger partial charge in [-0.25, -0.2) is 4.39 Å². The van der Waals surface area contributed by atoms with Crippen LogP contribution in [0.15, 0.2) is 46.8 Å². The second-order valence-electron chi connectivity index (χ2n) is 7.13. The molecular formula is C22H32FIN4OS. The standard InChI is InChI=1S/C22H31FN4OS.HI/c1-2-24-22(25-13-3-4-16-28-20-9-7-18(23)8-10-20)26-19-11-14-27(15-12-19)21-6-5-17-29-21;/h5-10,17,19H,2-4,11-16H2,1H3,(H2,24,25,26);1H. The second kappa shape index (κ2) is 13.7. The summed E-state index contributed by atoms with van der Waals surface area (Å²) < 4.78 is 18.5. The Morgan fingerprint density at radius 3 is 2.63 bits per heavy atom. The lowest BCUT2D eigenvalue weighted by Gasteiger charge is -2.33. The van der Waals surface area contributed by atoms with Crippen LogP contribution in [0.1, 0.15) is 32.6 Å². The van der Waals surface area contributed by atoms with Gasteiger partial charge in [-0.1, -0.05) is 0 Å². The minimum atomic E-state index is -0.243. The maximum Gasteiger partial charge on any atom is 0.191 e. The van der Waals surface area contributed by atoms with Gasteiger partial charge in [0.15, 0.2) is 5.96 Å². The molecule has 3 rings (SSSR count). The lowest BCUT2D eigenvalue weighted by atomic mass is 10.1. The van der Waals surface area contributed by atoms with E-state index in [1.54, 1.807) is 12.1 Å². The SMILES string of the molecule is CCNC(=NCCCCOc1ccc(F)cc1)NC1CCN(c2cccs2)CC1.I. The minimum Gasteiger partial charge on any atom is -0.494 e. The number of nitrogens with one attached hydrogen (secondary N) is 2. The van der Waals surface area contributed by atoms with Crippen molar-refractivity contribution in [2.75, 3.05) is 37.7 Å². The summed E-state index contributed by atoms with van der Waals surface area (Å²) in [5.41, 5.74) is 0. The smallest absolute Gasteiger partial charge is 0.191 e. The second-order valence-corrected chi connectivity index (χ2v) is 8.05. The summed E-state index contributed by atoms with van der Waals surface area (Å²) in [7, 11) is 0. The Hall–Kier alpha value is -1.55. The highest BCUT2D eigenvalue weighted by Crippen LogP contribution is 2.24. The third-order valence-electron chi connectivity index (χ3n) is 4.90. The number of halogens is 2. The van der Waals surface area contributed by atoms with E-state index in [2.05, 4.69) is 40.0 Å². The highest BCUT2D eigenvalue weighted by Gasteiger charge is 2.20. The molecule has 8 heteroatoms. The van der Waals surface area contributed by atoms with E-state index in [0.29, 0.717) is 18.4 Å². The molecule has 0 bridgehead atoms. The number of benzene rings is 1. The lowest BCUT2D eigenvalue weighted by molar-refractivity contribution is 0.307. The van der Waals surface area contributed by atoms with Crippen molar-refractivity contribution in [1.29, 1.82) is 0 Å². The van der Waals surface area contributed by atoms with Gasteiger partial charge in [0.2, 0.25) is 0 Å². The highest BCUT2D eigenvalue weighted by molar-refractivity contribution is 14.0. The number of aliphatic imine (C=N–C) groups is 1. The number of guanidine groups is 1. The summed E-state index contributed by atoms with van der Waals surface area (Å²) in [5.74, 6) is 1.37. The molecule has 0 atom stereocenters. The van der Waals surface area contributed by atoms with Crippen LogP contribution in [0.2, 0.25) is 0 Å². The van der Waals surface area contributed by atoms with Gasteiger partial charge in [0, 0.05) is 32.2 Å². The fourth-order valence-electron chi connectivity index (χ4n) is 3.33. The maximum absolute atomic E-state index is 12.9. The number of nitrogens with zero attached hydrogens (tertiary/aromatic N) is 2. The predicted octanol–water partition coefficient (Wildman–Crippen LogP) is 4.89. The molecule has 2 aromatic rings. The van der Waals surface area contributed by atoms with Crippen LogP contribution in [0.3, 0.4) is 0 Å². The maximum atomic E-state index is 12.9. The molecule has 1 fully saturated rings. The fourth-order valence-corrected chi connectivity index (χ4v) is 4.12. The van der Waals surface area contributed by atoms with Crippen molar-refractivity contribution >= 4 is 46.3 Å². The first kappa shape index (κ1) is 24.7. The quantitative estimate of drug-likeness (QED) is 0.204. The molecular weight excluding hydrogens is 514 g/mol. The molecule has 1 aliphatic heterocycles. The highest BCUT2D eigenvalue weighted by atomic mass is 127. The van der Waals surface area contributed by atoms with Crippen molar-refractivity contribution in [3.63, 3.8) is 0 Å². The molecule has 0 unspecified atom stereocenters. The van der Waals surface area contributed by atoms with Gasteiger partial charge in [0.1, 0.15) is 11.6 Å². The van der Waals surface area contributed by atoms with Gasteiger partial charge < -0.3 is 20.3 Å². The van der Waals surface area contributed by atoms with Gasteiger partial charge in [-0.05, 0) is 74.4 Å². The van der Waals surface area contributed by atoms with Crippen molar-refractivity contribution in [3.8, 4) is 5.75 Å². The molecule has 1 aromatic carbocycles. The van der Waals surface area contributed by atoms with Gasteiger partial charge in [0.05, 0.1) is 11.6 Å². The Balaban J connectivity index is 0.00000320.